The van der Waals surface area contributed by atoms with Gasteiger partial charge in [-0.25, -0.2) is 9.48 Å². The van der Waals surface area contributed by atoms with Crippen LogP contribution in [0.3, 0.4) is 0 Å². The first-order valence-corrected chi connectivity index (χ1v) is 7.95. The Morgan fingerprint density at radius 3 is 2.78 bits per heavy atom. The number of aromatic amines is 1. The number of aromatic nitrogens is 3. The first kappa shape index (κ1) is 15.5. The number of hydrogen-bond donors (Lipinski definition) is 2. The monoisotopic (exact) mass is 314 g/mol. The molecule has 6 nitrogen and oxygen atoms in total. The van der Waals surface area contributed by atoms with Crippen LogP contribution in [0, 0.1) is 12.3 Å². The molecular weight excluding hydrogens is 292 g/mol. The molecule has 3 rings (SSSR count). The first-order chi connectivity index (χ1) is 11.0. The molecule has 23 heavy (non-hydrogen) atoms. The molecule has 0 atom stereocenters. The van der Waals surface area contributed by atoms with Gasteiger partial charge in [-0.15, -0.1) is 5.10 Å². The summed E-state index contributed by atoms with van der Waals surface area (Å²) in [5.74, 6) is -0.249. The van der Waals surface area contributed by atoms with Gasteiger partial charge in [-0.2, -0.15) is 0 Å². The molecule has 0 radical (unpaired) electrons. The SMILES string of the molecule is Cc1cccc(CC2(CNC(=O)c3nn(C)c(=O)[nH]3)CCC2)c1. The Morgan fingerprint density at radius 1 is 1.43 bits per heavy atom. The van der Waals surface area contributed by atoms with Crippen LogP contribution < -0.4 is 11.0 Å². The van der Waals surface area contributed by atoms with Crippen molar-refractivity contribution in [2.24, 2.45) is 12.5 Å². The van der Waals surface area contributed by atoms with Gasteiger partial charge in [-0.1, -0.05) is 36.2 Å². The average molecular weight is 314 g/mol. The largest absolute Gasteiger partial charge is 0.349 e. The van der Waals surface area contributed by atoms with E-state index in [1.54, 1.807) is 0 Å². The summed E-state index contributed by atoms with van der Waals surface area (Å²) < 4.78 is 1.13. The van der Waals surface area contributed by atoms with Crippen molar-refractivity contribution in [3.8, 4) is 0 Å². The third-order valence-electron chi connectivity index (χ3n) is 4.68. The van der Waals surface area contributed by atoms with Crippen LogP contribution in [-0.4, -0.2) is 27.2 Å². The van der Waals surface area contributed by atoms with Crippen molar-refractivity contribution in [2.75, 3.05) is 6.54 Å². The summed E-state index contributed by atoms with van der Waals surface area (Å²) in [5.41, 5.74) is 2.31. The molecule has 1 heterocycles. The molecule has 0 unspecified atom stereocenters. The summed E-state index contributed by atoms with van der Waals surface area (Å²) in [5, 5.41) is 6.82. The summed E-state index contributed by atoms with van der Waals surface area (Å²) in [4.78, 5) is 26.0. The molecule has 0 spiro atoms. The Morgan fingerprint density at radius 2 is 2.22 bits per heavy atom. The maximum Gasteiger partial charge on any atom is 0.343 e. The van der Waals surface area contributed by atoms with Gasteiger partial charge in [0, 0.05) is 13.6 Å². The highest BCUT2D eigenvalue weighted by Crippen LogP contribution is 2.43. The van der Waals surface area contributed by atoms with E-state index in [1.807, 2.05) is 0 Å². The number of carbonyl (C=O) groups excluding carboxylic acids is 1. The normalized spacial score (nSPS) is 15.9. The van der Waals surface area contributed by atoms with Crippen LogP contribution in [0.2, 0.25) is 0 Å². The Kier molecular flexibility index (Phi) is 4.07. The van der Waals surface area contributed by atoms with E-state index in [0.29, 0.717) is 6.54 Å². The van der Waals surface area contributed by atoms with Crippen molar-refractivity contribution in [2.45, 2.75) is 32.6 Å². The van der Waals surface area contributed by atoms with Crippen molar-refractivity contribution in [3.63, 3.8) is 0 Å². The Bertz CT molecular complexity index is 771. The van der Waals surface area contributed by atoms with Gasteiger partial charge in [0.2, 0.25) is 5.82 Å². The lowest BCUT2D eigenvalue weighted by Gasteiger charge is -2.42. The number of nitrogens with zero attached hydrogens (tertiary/aromatic N) is 2. The fourth-order valence-electron chi connectivity index (χ4n) is 3.20. The summed E-state index contributed by atoms with van der Waals surface area (Å²) >= 11 is 0. The number of hydrogen-bond acceptors (Lipinski definition) is 3. The molecular formula is C17H22N4O2. The van der Waals surface area contributed by atoms with Gasteiger partial charge in [-0.05, 0) is 37.2 Å². The van der Waals surface area contributed by atoms with Gasteiger partial charge >= 0.3 is 5.69 Å². The number of carbonyl (C=O) groups is 1. The quantitative estimate of drug-likeness (QED) is 0.879. The lowest BCUT2D eigenvalue weighted by molar-refractivity contribution is 0.0850. The third kappa shape index (κ3) is 3.36. The van der Waals surface area contributed by atoms with Crippen LogP contribution in [0.15, 0.2) is 29.1 Å². The van der Waals surface area contributed by atoms with Crippen LogP contribution in [0.25, 0.3) is 0 Å². The first-order valence-electron chi connectivity index (χ1n) is 7.95. The van der Waals surface area contributed by atoms with Crippen molar-refractivity contribution in [1.29, 1.82) is 0 Å². The lowest BCUT2D eigenvalue weighted by atomic mass is 9.65. The minimum atomic E-state index is -0.381. The smallest absolute Gasteiger partial charge is 0.343 e. The molecule has 0 bridgehead atoms. The van der Waals surface area contributed by atoms with Crippen molar-refractivity contribution in [1.82, 2.24) is 20.1 Å². The highest BCUT2D eigenvalue weighted by Gasteiger charge is 2.37. The second-order valence-corrected chi connectivity index (χ2v) is 6.60. The number of rotatable bonds is 5. The molecule has 1 amide bonds. The number of H-pyrrole nitrogens is 1. The van der Waals surface area contributed by atoms with E-state index >= 15 is 0 Å². The topological polar surface area (TPSA) is 79.8 Å². The van der Waals surface area contributed by atoms with Crippen molar-refractivity contribution in [3.05, 3.63) is 51.7 Å². The molecule has 2 N–H and O–H groups in total. The van der Waals surface area contributed by atoms with Crippen LogP contribution in [0.5, 0.6) is 0 Å². The third-order valence-corrected chi connectivity index (χ3v) is 4.68. The van der Waals surface area contributed by atoms with Crippen LogP contribution >= 0.6 is 0 Å². The fourth-order valence-corrected chi connectivity index (χ4v) is 3.20. The maximum absolute atomic E-state index is 12.1. The van der Waals surface area contributed by atoms with E-state index in [-0.39, 0.29) is 22.8 Å². The number of nitrogens with one attached hydrogen (secondary N) is 2. The highest BCUT2D eigenvalue weighted by molar-refractivity contribution is 5.90. The standard InChI is InChI=1S/C17H22N4O2/c1-12-5-3-6-13(9-12)10-17(7-4-8-17)11-18-15(22)14-19-16(23)21(2)20-14/h3,5-6,9H,4,7-8,10-11H2,1-2H3,(H,18,22)(H,19,20,23). The molecule has 1 aliphatic rings. The maximum atomic E-state index is 12.1. The molecule has 2 aromatic rings. The second-order valence-electron chi connectivity index (χ2n) is 6.60. The summed E-state index contributed by atoms with van der Waals surface area (Å²) in [6, 6.07) is 8.52. The second kappa shape index (κ2) is 6.02. The van der Waals surface area contributed by atoms with Crippen LogP contribution in [0.4, 0.5) is 0 Å². The van der Waals surface area contributed by atoms with Gasteiger partial charge in [0.1, 0.15) is 0 Å². The van der Waals surface area contributed by atoms with E-state index in [9.17, 15) is 9.59 Å². The summed E-state index contributed by atoms with van der Waals surface area (Å²) in [7, 11) is 1.51. The number of aryl methyl sites for hydroxylation is 2. The minimum absolute atomic E-state index is 0.0718. The summed E-state index contributed by atoms with van der Waals surface area (Å²) in [6.45, 7) is 2.70. The minimum Gasteiger partial charge on any atom is -0.349 e. The van der Waals surface area contributed by atoms with E-state index in [0.717, 1.165) is 23.9 Å². The number of benzene rings is 1. The molecule has 1 aromatic heterocycles. The fraction of sp³-hybridized carbons (Fsp3) is 0.471. The van der Waals surface area contributed by atoms with Gasteiger partial charge in [0.15, 0.2) is 0 Å². The molecule has 0 aliphatic heterocycles. The van der Waals surface area contributed by atoms with Gasteiger partial charge < -0.3 is 5.32 Å². The van der Waals surface area contributed by atoms with Gasteiger partial charge in [0.25, 0.3) is 5.91 Å². The predicted molar refractivity (Wildman–Crippen MR) is 87.3 cm³/mol. The van der Waals surface area contributed by atoms with E-state index in [2.05, 4.69) is 46.6 Å². The zero-order valence-corrected chi connectivity index (χ0v) is 13.6. The van der Waals surface area contributed by atoms with Crippen molar-refractivity contribution >= 4 is 5.91 Å². The van der Waals surface area contributed by atoms with Crippen molar-refractivity contribution < 1.29 is 4.79 Å². The molecule has 1 aliphatic carbocycles. The molecule has 6 heteroatoms. The van der Waals surface area contributed by atoms with E-state index < -0.39 is 0 Å². The Labute approximate surface area is 134 Å². The molecule has 1 saturated carbocycles. The van der Waals surface area contributed by atoms with Gasteiger partial charge in [0.05, 0.1) is 0 Å². The summed E-state index contributed by atoms with van der Waals surface area (Å²) in [6.07, 6.45) is 4.38. The lowest BCUT2D eigenvalue weighted by Crippen LogP contribution is -2.44. The Hall–Kier alpha value is -2.37. The zero-order chi connectivity index (χ0) is 16.4. The van der Waals surface area contributed by atoms with Gasteiger partial charge in [-0.3, -0.25) is 9.78 Å². The average Bonchev–Trinajstić information content (AvgIpc) is 2.81. The molecule has 0 saturated heterocycles. The number of amides is 1. The van der Waals surface area contributed by atoms with Crippen LogP contribution in [0.1, 0.15) is 41.0 Å². The van der Waals surface area contributed by atoms with E-state index in [4.69, 9.17) is 0 Å². The molecule has 1 fully saturated rings. The Balaban J connectivity index is 1.65. The molecule has 122 valence electrons. The predicted octanol–water partition coefficient (Wildman–Crippen LogP) is 1.56. The van der Waals surface area contributed by atoms with Crippen LogP contribution in [-0.2, 0) is 13.5 Å². The zero-order valence-electron chi connectivity index (χ0n) is 13.6. The van der Waals surface area contributed by atoms with E-state index in [1.165, 1.54) is 24.6 Å². The highest BCUT2D eigenvalue weighted by atomic mass is 16.2. The molecule has 1 aromatic carbocycles.